The number of hydrogen-bond donors (Lipinski definition) is 2. The summed E-state index contributed by atoms with van der Waals surface area (Å²) >= 11 is 1.42. The lowest BCUT2D eigenvalue weighted by Gasteiger charge is -2.08. The van der Waals surface area contributed by atoms with E-state index in [0.29, 0.717) is 18.0 Å². The minimum atomic E-state index is -0.0237. The van der Waals surface area contributed by atoms with Crippen LogP contribution in [0.1, 0.15) is 22.7 Å². The van der Waals surface area contributed by atoms with Crippen LogP contribution in [0.25, 0.3) is 5.69 Å². The van der Waals surface area contributed by atoms with E-state index in [4.69, 9.17) is 5.73 Å². The van der Waals surface area contributed by atoms with E-state index in [-0.39, 0.29) is 5.91 Å². The molecule has 3 N–H and O–H groups in total. The zero-order valence-electron chi connectivity index (χ0n) is 13.6. The van der Waals surface area contributed by atoms with Gasteiger partial charge in [0.1, 0.15) is 0 Å². The number of amides is 1. The third kappa shape index (κ3) is 3.62. The van der Waals surface area contributed by atoms with Crippen molar-refractivity contribution in [3.63, 3.8) is 0 Å². The Morgan fingerprint density at radius 2 is 2.00 bits per heavy atom. The summed E-state index contributed by atoms with van der Waals surface area (Å²) in [4.78, 5) is 21.3. The van der Waals surface area contributed by atoms with E-state index in [0.717, 1.165) is 27.6 Å². The van der Waals surface area contributed by atoms with Gasteiger partial charge >= 0.3 is 0 Å². The van der Waals surface area contributed by atoms with Gasteiger partial charge in [0.05, 0.1) is 12.0 Å². The molecule has 0 radical (unpaired) electrons. The summed E-state index contributed by atoms with van der Waals surface area (Å²) in [7, 11) is 0. The SMILES string of the molecule is Cc1ncn(-c2ccc(NC(=O)CCc3cnc(N)s3)cc2)c1C. The first-order valence-electron chi connectivity index (χ1n) is 7.64. The highest BCUT2D eigenvalue weighted by Crippen LogP contribution is 2.18. The van der Waals surface area contributed by atoms with Gasteiger partial charge in [0, 0.05) is 34.6 Å². The molecule has 3 aromatic rings. The molecule has 2 heterocycles. The zero-order valence-corrected chi connectivity index (χ0v) is 14.4. The lowest BCUT2D eigenvalue weighted by molar-refractivity contribution is -0.116. The molecule has 3 rings (SSSR count). The first-order valence-corrected chi connectivity index (χ1v) is 8.45. The molecule has 7 heteroatoms. The molecule has 0 saturated heterocycles. The number of imidazole rings is 1. The van der Waals surface area contributed by atoms with Gasteiger partial charge in [0.2, 0.25) is 5.91 Å². The number of benzene rings is 1. The highest BCUT2D eigenvalue weighted by atomic mass is 32.1. The number of anilines is 2. The molecule has 124 valence electrons. The van der Waals surface area contributed by atoms with Crippen LogP contribution in [0.5, 0.6) is 0 Å². The van der Waals surface area contributed by atoms with Crippen molar-refractivity contribution < 1.29 is 4.79 Å². The predicted octanol–water partition coefficient (Wildman–Crippen LogP) is 3.10. The molecule has 0 aliphatic heterocycles. The number of nitrogen functional groups attached to an aromatic ring is 1. The molecule has 6 nitrogen and oxygen atoms in total. The van der Waals surface area contributed by atoms with E-state index < -0.39 is 0 Å². The molecule has 0 saturated carbocycles. The van der Waals surface area contributed by atoms with E-state index in [1.54, 1.807) is 12.5 Å². The number of rotatable bonds is 5. The molecule has 0 aliphatic rings. The average Bonchev–Trinajstić information content (AvgIpc) is 3.13. The number of carbonyl (C=O) groups excluding carboxylic acids is 1. The zero-order chi connectivity index (χ0) is 17.1. The number of aromatic nitrogens is 3. The molecule has 1 aromatic carbocycles. The highest BCUT2D eigenvalue weighted by Gasteiger charge is 2.07. The third-order valence-corrected chi connectivity index (χ3v) is 4.74. The number of thiazole rings is 1. The van der Waals surface area contributed by atoms with Crippen LogP contribution in [0.15, 0.2) is 36.8 Å². The molecule has 0 fully saturated rings. The van der Waals surface area contributed by atoms with Crippen LogP contribution in [0.4, 0.5) is 10.8 Å². The molecular formula is C17H19N5OS. The van der Waals surface area contributed by atoms with Gasteiger partial charge < -0.3 is 15.6 Å². The molecule has 24 heavy (non-hydrogen) atoms. The summed E-state index contributed by atoms with van der Waals surface area (Å²) in [6, 6.07) is 7.72. The van der Waals surface area contributed by atoms with Gasteiger partial charge in [-0.1, -0.05) is 0 Å². The predicted molar refractivity (Wildman–Crippen MR) is 96.5 cm³/mol. The Kier molecular flexibility index (Phi) is 4.61. The second-order valence-electron chi connectivity index (χ2n) is 5.55. The third-order valence-electron chi connectivity index (χ3n) is 3.85. The molecule has 0 atom stereocenters. The fourth-order valence-electron chi connectivity index (χ4n) is 2.36. The Morgan fingerprint density at radius 3 is 2.58 bits per heavy atom. The largest absolute Gasteiger partial charge is 0.375 e. The van der Waals surface area contributed by atoms with Crippen LogP contribution in [-0.4, -0.2) is 20.4 Å². The number of nitrogens with two attached hydrogens (primary N) is 1. The Labute approximate surface area is 144 Å². The fraction of sp³-hybridized carbons (Fsp3) is 0.235. The summed E-state index contributed by atoms with van der Waals surface area (Å²) in [5, 5.41) is 3.44. The van der Waals surface area contributed by atoms with Gasteiger partial charge in [-0.15, -0.1) is 11.3 Å². The summed E-state index contributed by atoms with van der Waals surface area (Å²) in [5.74, 6) is -0.0237. The minimum Gasteiger partial charge on any atom is -0.375 e. The van der Waals surface area contributed by atoms with Crippen LogP contribution in [0, 0.1) is 13.8 Å². The van der Waals surface area contributed by atoms with Crippen molar-refractivity contribution >= 4 is 28.1 Å². The average molecular weight is 341 g/mol. The van der Waals surface area contributed by atoms with Gasteiger partial charge in [-0.2, -0.15) is 0 Å². The van der Waals surface area contributed by atoms with Crippen molar-refractivity contribution in [1.29, 1.82) is 0 Å². The van der Waals surface area contributed by atoms with Crippen molar-refractivity contribution in [2.75, 3.05) is 11.1 Å². The maximum Gasteiger partial charge on any atom is 0.224 e. The first kappa shape index (κ1) is 16.2. The van der Waals surface area contributed by atoms with Crippen LogP contribution >= 0.6 is 11.3 Å². The van der Waals surface area contributed by atoms with E-state index in [9.17, 15) is 4.79 Å². The van der Waals surface area contributed by atoms with Gasteiger partial charge in [0.25, 0.3) is 0 Å². The summed E-state index contributed by atoms with van der Waals surface area (Å²) in [5.41, 5.74) is 9.50. The lowest BCUT2D eigenvalue weighted by atomic mass is 10.2. The van der Waals surface area contributed by atoms with Gasteiger partial charge in [0.15, 0.2) is 5.13 Å². The molecule has 2 aromatic heterocycles. The molecule has 0 bridgehead atoms. The summed E-state index contributed by atoms with van der Waals surface area (Å²) in [6.45, 7) is 4.02. The molecule has 0 spiro atoms. The van der Waals surface area contributed by atoms with Crippen molar-refractivity contribution in [3.8, 4) is 5.69 Å². The van der Waals surface area contributed by atoms with Gasteiger partial charge in [-0.25, -0.2) is 9.97 Å². The maximum absolute atomic E-state index is 12.0. The van der Waals surface area contributed by atoms with Crippen LogP contribution < -0.4 is 11.1 Å². The van der Waals surface area contributed by atoms with E-state index >= 15 is 0 Å². The standard InChI is InChI=1S/C17H19N5OS/c1-11-12(2)22(10-20-11)14-5-3-13(4-6-14)21-16(23)8-7-15-9-19-17(18)24-15/h3-6,9-10H,7-8H2,1-2H3,(H2,18,19)(H,21,23). The quantitative estimate of drug-likeness (QED) is 0.746. The van der Waals surface area contributed by atoms with E-state index in [1.807, 2.05) is 42.7 Å². The Balaban J connectivity index is 1.59. The molecule has 0 aliphatic carbocycles. The smallest absolute Gasteiger partial charge is 0.224 e. The second-order valence-corrected chi connectivity index (χ2v) is 6.69. The Hall–Kier alpha value is -2.67. The van der Waals surface area contributed by atoms with Crippen LogP contribution in [-0.2, 0) is 11.2 Å². The monoisotopic (exact) mass is 341 g/mol. The molecular weight excluding hydrogens is 322 g/mol. The van der Waals surface area contributed by atoms with Crippen molar-refractivity contribution in [2.45, 2.75) is 26.7 Å². The van der Waals surface area contributed by atoms with Crippen molar-refractivity contribution in [3.05, 3.63) is 53.1 Å². The topological polar surface area (TPSA) is 85.8 Å². The minimum absolute atomic E-state index is 0.0237. The Morgan fingerprint density at radius 1 is 1.25 bits per heavy atom. The van der Waals surface area contributed by atoms with E-state index in [1.165, 1.54) is 11.3 Å². The lowest BCUT2D eigenvalue weighted by Crippen LogP contribution is -2.12. The second kappa shape index (κ2) is 6.84. The summed E-state index contributed by atoms with van der Waals surface area (Å²) < 4.78 is 2.02. The van der Waals surface area contributed by atoms with Crippen LogP contribution in [0.3, 0.4) is 0 Å². The number of aryl methyl sites for hydroxylation is 2. The molecule has 0 unspecified atom stereocenters. The van der Waals surface area contributed by atoms with E-state index in [2.05, 4.69) is 15.3 Å². The van der Waals surface area contributed by atoms with Crippen LogP contribution in [0.2, 0.25) is 0 Å². The normalized spacial score (nSPS) is 10.8. The highest BCUT2D eigenvalue weighted by molar-refractivity contribution is 7.15. The number of carbonyl (C=O) groups is 1. The number of nitrogens with zero attached hydrogens (tertiary/aromatic N) is 3. The Bertz CT molecular complexity index is 850. The molecule has 1 amide bonds. The summed E-state index contributed by atoms with van der Waals surface area (Å²) in [6.07, 6.45) is 4.58. The number of nitrogens with one attached hydrogen (secondary N) is 1. The number of hydrogen-bond acceptors (Lipinski definition) is 5. The van der Waals surface area contributed by atoms with Gasteiger partial charge in [-0.3, -0.25) is 4.79 Å². The van der Waals surface area contributed by atoms with Crippen molar-refractivity contribution in [1.82, 2.24) is 14.5 Å². The first-order chi connectivity index (χ1) is 11.5. The maximum atomic E-state index is 12.0. The van der Waals surface area contributed by atoms with Gasteiger partial charge in [-0.05, 0) is 44.5 Å². The van der Waals surface area contributed by atoms with Crippen molar-refractivity contribution in [2.24, 2.45) is 0 Å². The fourth-order valence-corrected chi connectivity index (χ4v) is 3.05.